The highest BCUT2D eigenvalue weighted by molar-refractivity contribution is 5.94. The van der Waals surface area contributed by atoms with Gasteiger partial charge in [-0.3, -0.25) is 14.4 Å². The molecule has 19 heavy (non-hydrogen) atoms. The van der Waals surface area contributed by atoms with Gasteiger partial charge in [0.1, 0.15) is 0 Å². The molecule has 3 N–H and O–H groups in total. The lowest BCUT2D eigenvalue weighted by Crippen LogP contribution is -2.48. The molecule has 0 saturated heterocycles. The summed E-state index contributed by atoms with van der Waals surface area (Å²) >= 11 is 0. The van der Waals surface area contributed by atoms with Crippen LogP contribution in [-0.4, -0.2) is 35.0 Å². The number of furan rings is 1. The molecule has 7 nitrogen and oxygen atoms in total. The van der Waals surface area contributed by atoms with Crippen LogP contribution in [0.4, 0.5) is 0 Å². The minimum absolute atomic E-state index is 0.109. The normalized spacial score (nSPS) is 10.8. The Bertz CT molecular complexity index is 464. The van der Waals surface area contributed by atoms with Gasteiger partial charge in [0.05, 0.1) is 19.2 Å². The van der Waals surface area contributed by atoms with Gasteiger partial charge < -0.3 is 20.2 Å². The summed E-state index contributed by atoms with van der Waals surface area (Å²) in [4.78, 5) is 33.6. The third-order valence-electron chi connectivity index (χ3n) is 2.23. The van der Waals surface area contributed by atoms with Crippen LogP contribution in [0.3, 0.4) is 0 Å². The topological polar surface area (TPSA) is 109 Å². The zero-order valence-electron chi connectivity index (χ0n) is 10.7. The fraction of sp³-hybridized carbons (Fsp3) is 0.417. The van der Waals surface area contributed by atoms with E-state index in [9.17, 15) is 14.4 Å². The Hall–Kier alpha value is -2.31. The Labute approximate surface area is 110 Å². The predicted octanol–water partition coefficient (Wildman–Crippen LogP) is 0.379. The summed E-state index contributed by atoms with van der Waals surface area (Å²) in [6, 6.07) is 3.03. The molecule has 0 bridgehead atoms. The van der Waals surface area contributed by atoms with Gasteiger partial charge in [-0.25, -0.2) is 0 Å². The van der Waals surface area contributed by atoms with Crippen molar-refractivity contribution in [2.45, 2.75) is 25.8 Å². The molecule has 1 aromatic rings. The number of rotatable bonds is 6. The van der Waals surface area contributed by atoms with E-state index < -0.39 is 23.3 Å². The number of amides is 2. The van der Waals surface area contributed by atoms with E-state index in [0.717, 1.165) is 0 Å². The van der Waals surface area contributed by atoms with Crippen molar-refractivity contribution in [1.29, 1.82) is 0 Å². The van der Waals surface area contributed by atoms with Gasteiger partial charge in [0, 0.05) is 5.54 Å². The number of carbonyl (C=O) groups is 3. The lowest BCUT2D eigenvalue weighted by Gasteiger charge is -2.24. The Kier molecular flexibility index (Phi) is 4.68. The van der Waals surface area contributed by atoms with E-state index in [2.05, 4.69) is 10.6 Å². The van der Waals surface area contributed by atoms with Gasteiger partial charge in [-0.05, 0) is 26.0 Å². The summed E-state index contributed by atoms with van der Waals surface area (Å²) < 4.78 is 4.86. The van der Waals surface area contributed by atoms with Crippen molar-refractivity contribution in [2.24, 2.45) is 0 Å². The van der Waals surface area contributed by atoms with Crippen LogP contribution in [0.15, 0.2) is 22.8 Å². The fourth-order valence-corrected chi connectivity index (χ4v) is 1.50. The first-order valence-corrected chi connectivity index (χ1v) is 5.65. The molecule has 0 aliphatic rings. The number of aliphatic carboxylic acids is 1. The van der Waals surface area contributed by atoms with E-state index in [-0.39, 0.29) is 18.7 Å². The maximum absolute atomic E-state index is 11.6. The third-order valence-corrected chi connectivity index (χ3v) is 2.23. The van der Waals surface area contributed by atoms with Crippen LogP contribution in [0.25, 0.3) is 0 Å². The van der Waals surface area contributed by atoms with Gasteiger partial charge in [-0.2, -0.15) is 0 Å². The molecule has 0 saturated carbocycles. The van der Waals surface area contributed by atoms with Crippen molar-refractivity contribution in [1.82, 2.24) is 10.6 Å². The molecule has 1 aromatic heterocycles. The number of hydrogen-bond donors (Lipinski definition) is 3. The molecule has 0 radical (unpaired) electrons. The molecule has 2 amide bonds. The van der Waals surface area contributed by atoms with Crippen LogP contribution >= 0.6 is 0 Å². The number of carboxylic acids is 1. The molecule has 0 aromatic carbocycles. The van der Waals surface area contributed by atoms with Crippen LogP contribution in [-0.2, 0) is 9.59 Å². The van der Waals surface area contributed by atoms with Crippen LogP contribution in [0, 0.1) is 0 Å². The highest BCUT2D eigenvalue weighted by atomic mass is 16.4. The monoisotopic (exact) mass is 268 g/mol. The first-order valence-electron chi connectivity index (χ1n) is 5.65. The second kappa shape index (κ2) is 6.03. The largest absolute Gasteiger partial charge is 0.481 e. The molecule has 1 heterocycles. The zero-order valence-corrected chi connectivity index (χ0v) is 10.7. The first-order chi connectivity index (χ1) is 8.80. The Morgan fingerprint density at radius 1 is 1.37 bits per heavy atom. The fourth-order valence-electron chi connectivity index (χ4n) is 1.50. The number of carboxylic acid groups (broad SMARTS) is 1. The SMILES string of the molecule is CC(C)(CC(=O)O)NC(=O)CNC(=O)c1ccco1. The molecule has 0 spiro atoms. The molecule has 1 rings (SSSR count). The molecule has 7 heteroatoms. The van der Waals surface area contributed by atoms with Crippen LogP contribution in [0.2, 0.25) is 0 Å². The molecule has 0 aliphatic carbocycles. The summed E-state index contributed by atoms with van der Waals surface area (Å²) in [6.07, 6.45) is 1.15. The van der Waals surface area contributed by atoms with E-state index in [1.54, 1.807) is 19.9 Å². The van der Waals surface area contributed by atoms with Crippen molar-refractivity contribution in [3.05, 3.63) is 24.2 Å². The summed E-state index contributed by atoms with van der Waals surface area (Å²) in [7, 11) is 0. The average Bonchev–Trinajstić information content (AvgIpc) is 2.76. The molecule has 0 aliphatic heterocycles. The van der Waals surface area contributed by atoms with Gasteiger partial charge in [0.25, 0.3) is 5.91 Å². The minimum Gasteiger partial charge on any atom is -0.481 e. The zero-order chi connectivity index (χ0) is 14.5. The van der Waals surface area contributed by atoms with E-state index in [1.165, 1.54) is 12.3 Å². The average molecular weight is 268 g/mol. The van der Waals surface area contributed by atoms with Crippen molar-refractivity contribution in [2.75, 3.05) is 6.54 Å². The van der Waals surface area contributed by atoms with Gasteiger partial charge in [-0.15, -0.1) is 0 Å². The van der Waals surface area contributed by atoms with Crippen LogP contribution in [0.1, 0.15) is 30.8 Å². The Morgan fingerprint density at radius 2 is 2.05 bits per heavy atom. The summed E-state index contributed by atoms with van der Waals surface area (Å²) in [6.45, 7) is 2.93. The highest BCUT2D eigenvalue weighted by Crippen LogP contribution is 2.07. The molecular formula is C12H16N2O5. The van der Waals surface area contributed by atoms with Crippen molar-refractivity contribution < 1.29 is 23.9 Å². The number of hydrogen-bond acceptors (Lipinski definition) is 4. The van der Waals surface area contributed by atoms with Crippen molar-refractivity contribution in [3.63, 3.8) is 0 Å². The van der Waals surface area contributed by atoms with E-state index in [4.69, 9.17) is 9.52 Å². The maximum Gasteiger partial charge on any atom is 0.305 e. The van der Waals surface area contributed by atoms with Crippen LogP contribution < -0.4 is 10.6 Å². The molecular weight excluding hydrogens is 252 g/mol. The summed E-state index contributed by atoms with van der Waals surface area (Å²) in [5.74, 6) is -1.87. The van der Waals surface area contributed by atoms with Crippen molar-refractivity contribution >= 4 is 17.8 Å². The summed E-state index contributed by atoms with van der Waals surface area (Å²) in [5, 5.41) is 13.6. The second-order valence-corrected chi connectivity index (χ2v) is 4.66. The quantitative estimate of drug-likeness (QED) is 0.691. The van der Waals surface area contributed by atoms with E-state index in [0.29, 0.717) is 0 Å². The van der Waals surface area contributed by atoms with Gasteiger partial charge >= 0.3 is 5.97 Å². The molecule has 0 unspecified atom stereocenters. The predicted molar refractivity (Wildman–Crippen MR) is 65.5 cm³/mol. The standard InChI is InChI=1S/C12H16N2O5/c1-12(2,6-10(16)17)14-9(15)7-13-11(18)8-4-3-5-19-8/h3-5H,6-7H2,1-2H3,(H,13,18)(H,14,15)(H,16,17). The van der Waals surface area contributed by atoms with Gasteiger partial charge in [0.2, 0.25) is 5.91 Å². The second-order valence-electron chi connectivity index (χ2n) is 4.66. The van der Waals surface area contributed by atoms with Gasteiger partial charge in [0.15, 0.2) is 5.76 Å². The first kappa shape index (κ1) is 14.7. The Morgan fingerprint density at radius 3 is 2.58 bits per heavy atom. The van der Waals surface area contributed by atoms with Crippen molar-refractivity contribution in [3.8, 4) is 0 Å². The Balaban J connectivity index is 2.40. The van der Waals surface area contributed by atoms with E-state index in [1.807, 2.05) is 0 Å². The number of carbonyl (C=O) groups excluding carboxylic acids is 2. The smallest absolute Gasteiger partial charge is 0.305 e. The summed E-state index contributed by atoms with van der Waals surface area (Å²) in [5.41, 5.74) is -0.877. The minimum atomic E-state index is -1.01. The lowest BCUT2D eigenvalue weighted by atomic mass is 10.0. The maximum atomic E-state index is 11.6. The van der Waals surface area contributed by atoms with Crippen LogP contribution in [0.5, 0.6) is 0 Å². The molecule has 0 fully saturated rings. The third kappa shape index (κ3) is 5.24. The van der Waals surface area contributed by atoms with Gasteiger partial charge in [-0.1, -0.05) is 0 Å². The number of nitrogens with one attached hydrogen (secondary N) is 2. The van der Waals surface area contributed by atoms with E-state index >= 15 is 0 Å². The lowest BCUT2D eigenvalue weighted by molar-refractivity contribution is -0.138. The highest BCUT2D eigenvalue weighted by Gasteiger charge is 2.24. The molecule has 104 valence electrons. The molecule has 0 atom stereocenters.